The number of nitriles is 1. The lowest BCUT2D eigenvalue weighted by Gasteiger charge is -2.36. The van der Waals surface area contributed by atoms with Crippen molar-refractivity contribution in [3.05, 3.63) is 52.0 Å². The normalized spacial score (nSPS) is 14.5. The molecule has 1 fully saturated rings. The third-order valence-electron chi connectivity index (χ3n) is 5.71. The molecule has 1 heterocycles. The van der Waals surface area contributed by atoms with E-state index >= 15 is 0 Å². The van der Waals surface area contributed by atoms with E-state index in [0.717, 1.165) is 61.9 Å². The van der Waals surface area contributed by atoms with Crippen molar-refractivity contribution in [2.45, 2.75) is 20.3 Å². The summed E-state index contributed by atoms with van der Waals surface area (Å²) in [5.41, 5.74) is 4.88. The van der Waals surface area contributed by atoms with E-state index in [4.69, 9.17) is 26.3 Å². The van der Waals surface area contributed by atoms with Crippen molar-refractivity contribution >= 4 is 17.3 Å². The van der Waals surface area contributed by atoms with E-state index in [1.165, 1.54) is 11.1 Å². The molecule has 0 bridgehead atoms. The molecule has 1 aliphatic rings. The number of halogens is 1. The Morgan fingerprint density at radius 1 is 1.03 bits per heavy atom. The van der Waals surface area contributed by atoms with E-state index in [2.05, 4.69) is 35.8 Å². The number of benzene rings is 2. The van der Waals surface area contributed by atoms with Crippen molar-refractivity contribution in [1.82, 2.24) is 4.90 Å². The van der Waals surface area contributed by atoms with Crippen LogP contribution in [0.3, 0.4) is 0 Å². The second-order valence-corrected chi connectivity index (χ2v) is 7.72. The van der Waals surface area contributed by atoms with Gasteiger partial charge in [-0.15, -0.1) is 0 Å². The van der Waals surface area contributed by atoms with Crippen LogP contribution < -0.4 is 14.4 Å². The molecule has 154 valence electrons. The Morgan fingerprint density at radius 3 is 2.48 bits per heavy atom. The van der Waals surface area contributed by atoms with Crippen molar-refractivity contribution in [3.8, 4) is 17.6 Å². The van der Waals surface area contributed by atoms with Gasteiger partial charge in [-0.1, -0.05) is 17.7 Å². The topological polar surface area (TPSA) is 48.7 Å². The maximum absolute atomic E-state index is 8.70. The first kappa shape index (κ1) is 21.3. The van der Waals surface area contributed by atoms with Gasteiger partial charge in [0.1, 0.15) is 17.6 Å². The number of piperazine rings is 1. The Hall–Kier alpha value is -2.42. The molecular formula is C23H28ClN3O2. The van der Waals surface area contributed by atoms with Crippen LogP contribution in [-0.4, -0.2) is 51.3 Å². The first-order valence-electron chi connectivity index (χ1n) is 9.93. The zero-order valence-corrected chi connectivity index (χ0v) is 18.1. The van der Waals surface area contributed by atoms with E-state index in [-0.39, 0.29) is 6.61 Å². The van der Waals surface area contributed by atoms with Gasteiger partial charge in [0.2, 0.25) is 0 Å². The lowest BCUT2D eigenvalue weighted by molar-refractivity contribution is 0.260. The van der Waals surface area contributed by atoms with Crippen molar-refractivity contribution in [2.24, 2.45) is 0 Å². The largest absolute Gasteiger partial charge is 0.495 e. The van der Waals surface area contributed by atoms with Crippen LogP contribution in [-0.2, 0) is 6.42 Å². The summed E-state index contributed by atoms with van der Waals surface area (Å²) in [6.07, 6.45) is 1.01. The zero-order chi connectivity index (χ0) is 20.8. The summed E-state index contributed by atoms with van der Waals surface area (Å²) in [5, 5.41) is 9.35. The molecule has 1 saturated heterocycles. The molecule has 0 atom stereocenters. The highest BCUT2D eigenvalue weighted by atomic mass is 35.5. The number of nitrogens with zero attached hydrogens (tertiary/aromatic N) is 3. The summed E-state index contributed by atoms with van der Waals surface area (Å²) in [6.45, 7) is 9.37. The van der Waals surface area contributed by atoms with Gasteiger partial charge in [-0.3, -0.25) is 4.90 Å². The molecule has 0 spiro atoms. The Kier molecular flexibility index (Phi) is 7.24. The third kappa shape index (κ3) is 5.14. The quantitative estimate of drug-likeness (QED) is 0.679. The van der Waals surface area contributed by atoms with Gasteiger partial charge >= 0.3 is 0 Å². The Morgan fingerprint density at radius 2 is 1.79 bits per heavy atom. The molecule has 2 aromatic rings. The first-order valence-corrected chi connectivity index (χ1v) is 10.3. The zero-order valence-electron chi connectivity index (χ0n) is 17.4. The Labute approximate surface area is 178 Å². The maximum Gasteiger partial charge on any atom is 0.174 e. The van der Waals surface area contributed by atoms with Crippen molar-refractivity contribution in [2.75, 3.05) is 51.3 Å². The molecule has 0 unspecified atom stereocenters. The van der Waals surface area contributed by atoms with Crippen molar-refractivity contribution in [3.63, 3.8) is 0 Å². The molecule has 6 heteroatoms. The Bertz CT molecular complexity index is 886. The van der Waals surface area contributed by atoms with Crippen LogP contribution >= 0.6 is 11.6 Å². The van der Waals surface area contributed by atoms with Crippen LogP contribution in [0.4, 0.5) is 5.69 Å². The summed E-state index contributed by atoms with van der Waals surface area (Å²) in [6, 6.07) is 12.1. The molecule has 1 aliphatic heterocycles. The molecule has 0 aromatic heterocycles. The molecule has 0 saturated carbocycles. The van der Waals surface area contributed by atoms with Crippen LogP contribution in [0.25, 0.3) is 0 Å². The van der Waals surface area contributed by atoms with E-state index in [1.807, 2.05) is 24.3 Å². The Balaban J connectivity index is 1.54. The standard InChI is InChI=1S/C23H28ClN3O2/c1-17-18(2)22(29-15-9-25)7-4-19(17)8-10-26-11-13-27(14-12-26)20-5-6-21(24)23(16-20)28-3/h4-7,16H,8,10-15H2,1-3H3. The van der Waals surface area contributed by atoms with Crippen LogP contribution in [0.5, 0.6) is 11.5 Å². The molecule has 2 aromatic carbocycles. The van der Waals surface area contributed by atoms with Crippen LogP contribution in [0.2, 0.25) is 5.02 Å². The SMILES string of the molecule is COc1cc(N2CCN(CCc3ccc(OCC#N)c(C)c3C)CC2)ccc1Cl. The number of ether oxygens (including phenoxy) is 2. The first-order chi connectivity index (χ1) is 14.0. The van der Waals surface area contributed by atoms with Gasteiger partial charge in [0, 0.05) is 44.5 Å². The molecule has 5 nitrogen and oxygen atoms in total. The van der Waals surface area contributed by atoms with Crippen LogP contribution in [0.1, 0.15) is 16.7 Å². The van der Waals surface area contributed by atoms with Gasteiger partial charge in [-0.05, 0) is 55.2 Å². The van der Waals surface area contributed by atoms with Gasteiger partial charge in [-0.25, -0.2) is 0 Å². The summed E-state index contributed by atoms with van der Waals surface area (Å²) in [4.78, 5) is 4.89. The smallest absolute Gasteiger partial charge is 0.174 e. The molecule has 0 aliphatic carbocycles. The average molecular weight is 414 g/mol. The van der Waals surface area contributed by atoms with E-state index in [9.17, 15) is 0 Å². The lowest BCUT2D eigenvalue weighted by Crippen LogP contribution is -2.47. The minimum absolute atomic E-state index is 0.0867. The summed E-state index contributed by atoms with van der Waals surface area (Å²) in [5.74, 6) is 1.53. The molecule has 3 rings (SSSR count). The van der Waals surface area contributed by atoms with E-state index in [1.54, 1.807) is 7.11 Å². The second kappa shape index (κ2) is 9.87. The highest BCUT2D eigenvalue weighted by Gasteiger charge is 2.18. The number of methoxy groups -OCH3 is 1. The maximum atomic E-state index is 8.70. The third-order valence-corrected chi connectivity index (χ3v) is 6.02. The fourth-order valence-corrected chi connectivity index (χ4v) is 3.94. The summed E-state index contributed by atoms with van der Waals surface area (Å²) in [7, 11) is 1.65. The number of hydrogen-bond donors (Lipinski definition) is 0. The van der Waals surface area contributed by atoms with Gasteiger partial charge < -0.3 is 14.4 Å². The lowest BCUT2D eigenvalue weighted by atomic mass is 9.99. The van der Waals surface area contributed by atoms with Gasteiger partial charge in [0.05, 0.1) is 12.1 Å². The summed E-state index contributed by atoms with van der Waals surface area (Å²) >= 11 is 6.14. The van der Waals surface area contributed by atoms with Crippen molar-refractivity contribution < 1.29 is 9.47 Å². The predicted octanol–water partition coefficient (Wildman–Crippen LogP) is 4.23. The monoisotopic (exact) mass is 413 g/mol. The number of hydrogen-bond acceptors (Lipinski definition) is 5. The molecule has 0 amide bonds. The highest BCUT2D eigenvalue weighted by molar-refractivity contribution is 6.32. The average Bonchev–Trinajstić information content (AvgIpc) is 2.75. The molecular weight excluding hydrogens is 386 g/mol. The highest BCUT2D eigenvalue weighted by Crippen LogP contribution is 2.30. The molecule has 0 radical (unpaired) electrons. The summed E-state index contributed by atoms with van der Waals surface area (Å²) < 4.78 is 10.8. The van der Waals surface area contributed by atoms with Gasteiger partial charge in [0.25, 0.3) is 0 Å². The van der Waals surface area contributed by atoms with E-state index in [0.29, 0.717) is 5.02 Å². The van der Waals surface area contributed by atoms with Crippen LogP contribution in [0.15, 0.2) is 30.3 Å². The fourth-order valence-electron chi connectivity index (χ4n) is 3.74. The second-order valence-electron chi connectivity index (χ2n) is 7.32. The predicted molar refractivity (Wildman–Crippen MR) is 117 cm³/mol. The van der Waals surface area contributed by atoms with E-state index < -0.39 is 0 Å². The van der Waals surface area contributed by atoms with Gasteiger partial charge in [0.15, 0.2) is 6.61 Å². The van der Waals surface area contributed by atoms with Crippen LogP contribution in [0, 0.1) is 25.2 Å². The number of rotatable bonds is 7. The van der Waals surface area contributed by atoms with Gasteiger partial charge in [-0.2, -0.15) is 5.26 Å². The molecule has 29 heavy (non-hydrogen) atoms. The van der Waals surface area contributed by atoms with Crippen molar-refractivity contribution in [1.29, 1.82) is 5.26 Å². The number of anilines is 1. The molecule has 0 N–H and O–H groups in total. The minimum atomic E-state index is 0.0867. The fraction of sp³-hybridized carbons (Fsp3) is 0.435. The minimum Gasteiger partial charge on any atom is -0.495 e.